The molecule has 0 aliphatic heterocycles. The van der Waals surface area contributed by atoms with Crippen molar-refractivity contribution in [2.24, 2.45) is 7.05 Å². The number of nitrogens with one attached hydrogen (secondary N) is 3. The van der Waals surface area contributed by atoms with E-state index in [1.54, 1.807) is 41.4 Å². The summed E-state index contributed by atoms with van der Waals surface area (Å²) in [6.45, 7) is 6.76. The van der Waals surface area contributed by atoms with Gasteiger partial charge in [0.1, 0.15) is 23.8 Å². The van der Waals surface area contributed by atoms with Crippen LogP contribution in [0.25, 0.3) is 17.1 Å². The van der Waals surface area contributed by atoms with Crippen LogP contribution in [-0.4, -0.2) is 41.3 Å². The van der Waals surface area contributed by atoms with Crippen molar-refractivity contribution < 1.29 is 14.0 Å². The normalized spacial score (nSPS) is 10.8. The molecule has 0 atom stereocenters. The Morgan fingerprint density at radius 1 is 1.06 bits per heavy atom. The minimum atomic E-state index is -0.477. The van der Waals surface area contributed by atoms with Crippen LogP contribution in [0, 0.1) is 19.7 Å². The maximum Gasteiger partial charge on any atom is 0.273 e. The van der Waals surface area contributed by atoms with Gasteiger partial charge in [-0.15, -0.1) is 0 Å². The molecule has 3 N–H and O–H groups in total. The molecule has 0 spiro atoms. The Bertz CT molecular complexity index is 1440. The Labute approximate surface area is 206 Å². The van der Waals surface area contributed by atoms with Crippen LogP contribution in [0.1, 0.15) is 41.2 Å². The maximum atomic E-state index is 13.4. The molecular formula is C24H26FN9O2. The fourth-order valence-corrected chi connectivity index (χ4v) is 3.95. The number of rotatable bonds is 6. The maximum absolute atomic E-state index is 13.4. The zero-order valence-electron chi connectivity index (χ0n) is 20.5. The SMILES string of the molecule is CCc1c(-c2ccc(F)cc2)nn(C)c1Nc1cc(-n2nc(C)c(C(=O)NNC(C)=O)c2C)ncn1. The highest BCUT2D eigenvalue weighted by Crippen LogP contribution is 2.31. The number of hydrogen-bond donors (Lipinski definition) is 3. The molecule has 4 aromatic rings. The topological polar surface area (TPSA) is 132 Å². The van der Waals surface area contributed by atoms with Gasteiger partial charge >= 0.3 is 0 Å². The fourth-order valence-electron chi connectivity index (χ4n) is 3.95. The molecule has 0 aliphatic rings. The standard InChI is InChI=1S/C24H26FN9O2/c1-6-18-22(16-7-9-17(25)10-8-16)32-33(5)23(18)28-19-11-20(27-12-26-19)34-14(3)21(13(2)31-34)24(36)30-29-15(4)35/h7-12H,6H2,1-5H3,(H,29,35)(H,30,36)(H,26,27,28). The van der Waals surface area contributed by atoms with E-state index in [1.807, 2.05) is 14.0 Å². The van der Waals surface area contributed by atoms with Crippen LogP contribution in [-0.2, 0) is 18.3 Å². The second kappa shape index (κ2) is 9.94. The smallest absolute Gasteiger partial charge is 0.273 e. The molecule has 12 heteroatoms. The number of nitrogens with zero attached hydrogens (tertiary/aromatic N) is 6. The molecule has 3 aromatic heterocycles. The fraction of sp³-hybridized carbons (Fsp3) is 0.250. The van der Waals surface area contributed by atoms with Gasteiger partial charge in [0.15, 0.2) is 5.82 Å². The molecule has 11 nitrogen and oxygen atoms in total. The van der Waals surface area contributed by atoms with E-state index in [-0.39, 0.29) is 11.7 Å². The molecule has 0 bridgehead atoms. The summed E-state index contributed by atoms with van der Waals surface area (Å²) in [6.07, 6.45) is 2.08. The molecule has 0 fully saturated rings. The van der Waals surface area contributed by atoms with E-state index in [4.69, 9.17) is 0 Å². The highest BCUT2D eigenvalue weighted by atomic mass is 19.1. The zero-order valence-corrected chi connectivity index (χ0v) is 20.5. The Balaban J connectivity index is 1.65. The van der Waals surface area contributed by atoms with Crippen molar-refractivity contribution in [1.29, 1.82) is 0 Å². The van der Waals surface area contributed by atoms with E-state index in [2.05, 4.69) is 36.3 Å². The Morgan fingerprint density at radius 2 is 1.78 bits per heavy atom. The Morgan fingerprint density at radius 3 is 2.44 bits per heavy atom. The molecule has 2 amide bonds. The molecule has 0 saturated carbocycles. The largest absolute Gasteiger partial charge is 0.325 e. The number of hydrazine groups is 1. The van der Waals surface area contributed by atoms with Crippen molar-refractivity contribution in [3.8, 4) is 17.1 Å². The Kier molecular flexibility index (Phi) is 6.77. The predicted octanol–water partition coefficient (Wildman–Crippen LogP) is 2.91. The van der Waals surface area contributed by atoms with Gasteiger partial charge in [-0.3, -0.25) is 25.1 Å². The molecule has 4 rings (SSSR count). The summed E-state index contributed by atoms with van der Waals surface area (Å²) in [7, 11) is 1.82. The summed E-state index contributed by atoms with van der Waals surface area (Å²) in [4.78, 5) is 32.3. The van der Waals surface area contributed by atoms with Crippen LogP contribution in [0.15, 0.2) is 36.7 Å². The zero-order chi connectivity index (χ0) is 26.0. The summed E-state index contributed by atoms with van der Waals surface area (Å²) >= 11 is 0. The van der Waals surface area contributed by atoms with Gasteiger partial charge in [-0.05, 0) is 44.5 Å². The first-order valence-electron chi connectivity index (χ1n) is 11.2. The summed E-state index contributed by atoms with van der Waals surface area (Å²) in [6, 6.07) is 7.93. The van der Waals surface area contributed by atoms with Gasteiger partial charge in [-0.1, -0.05) is 6.92 Å². The van der Waals surface area contributed by atoms with E-state index in [1.165, 1.54) is 25.4 Å². The van der Waals surface area contributed by atoms with E-state index in [9.17, 15) is 14.0 Å². The first-order chi connectivity index (χ1) is 17.2. The van der Waals surface area contributed by atoms with E-state index in [0.29, 0.717) is 35.0 Å². The Hall–Kier alpha value is -4.61. The van der Waals surface area contributed by atoms with Crippen LogP contribution >= 0.6 is 0 Å². The predicted molar refractivity (Wildman–Crippen MR) is 131 cm³/mol. The third-order valence-corrected chi connectivity index (χ3v) is 5.60. The molecule has 36 heavy (non-hydrogen) atoms. The summed E-state index contributed by atoms with van der Waals surface area (Å²) < 4.78 is 16.7. The third kappa shape index (κ3) is 4.78. The summed E-state index contributed by atoms with van der Waals surface area (Å²) in [5.41, 5.74) is 8.52. The van der Waals surface area contributed by atoms with Gasteiger partial charge in [-0.25, -0.2) is 19.0 Å². The second-order valence-electron chi connectivity index (χ2n) is 8.14. The molecule has 0 radical (unpaired) electrons. The van der Waals surface area contributed by atoms with Gasteiger partial charge < -0.3 is 5.32 Å². The van der Waals surface area contributed by atoms with Gasteiger partial charge in [0.05, 0.1) is 22.6 Å². The number of aryl methyl sites for hydroxylation is 2. The molecule has 3 heterocycles. The number of carbonyl (C=O) groups is 2. The van der Waals surface area contributed by atoms with Gasteiger partial charge in [0.25, 0.3) is 5.91 Å². The third-order valence-electron chi connectivity index (χ3n) is 5.60. The molecule has 0 saturated heterocycles. The average molecular weight is 492 g/mol. The second-order valence-corrected chi connectivity index (χ2v) is 8.14. The molecule has 186 valence electrons. The van der Waals surface area contributed by atoms with E-state index in [0.717, 1.165) is 22.6 Å². The van der Waals surface area contributed by atoms with E-state index >= 15 is 0 Å². The van der Waals surface area contributed by atoms with E-state index < -0.39 is 5.91 Å². The van der Waals surface area contributed by atoms with Crippen molar-refractivity contribution >= 4 is 23.5 Å². The summed E-state index contributed by atoms with van der Waals surface area (Å²) in [5, 5.41) is 12.4. The number of hydrogen-bond acceptors (Lipinski definition) is 7. The van der Waals surface area contributed by atoms with Crippen LogP contribution in [0.3, 0.4) is 0 Å². The number of amides is 2. The first kappa shape index (κ1) is 24.5. The number of aromatic nitrogens is 6. The molecule has 1 aromatic carbocycles. The minimum absolute atomic E-state index is 0.306. The van der Waals surface area contributed by atoms with Gasteiger partial charge in [0.2, 0.25) is 5.91 Å². The lowest BCUT2D eigenvalue weighted by atomic mass is 10.1. The van der Waals surface area contributed by atoms with Crippen molar-refractivity contribution in [3.05, 3.63) is 65.0 Å². The quantitative estimate of drug-likeness (QED) is 0.353. The van der Waals surface area contributed by atoms with Gasteiger partial charge in [0, 0.05) is 31.2 Å². The van der Waals surface area contributed by atoms with Crippen LogP contribution in [0.5, 0.6) is 0 Å². The van der Waals surface area contributed by atoms with Gasteiger partial charge in [-0.2, -0.15) is 10.2 Å². The lowest BCUT2D eigenvalue weighted by Crippen LogP contribution is -2.40. The number of anilines is 2. The average Bonchev–Trinajstić information content (AvgIpc) is 3.33. The molecular weight excluding hydrogens is 465 g/mol. The van der Waals surface area contributed by atoms with Crippen LogP contribution < -0.4 is 16.2 Å². The van der Waals surface area contributed by atoms with Crippen LogP contribution in [0.4, 0.5) is 16.0 Å². The van der Waals surface area contributed by atoms with Crippen molar-refractivity contribution in [2.75, 3.05) is 5.32 Å². The lowest BCUT2D eigenvalue weighted by Gasteiger charge is -2.10. The number of halogens is 1. The number of carbonyl (C=O) groups excluding carboxylic acids is 2. The van der Waals surface area contributed by atoms with Crippen molar-refractivity contribution in [3.63, 3.8) is 0 Å². The molecule has 0 aliphatic carbocycles. The highest BCUT2D eigenvalue weighted by Gasteiger charge is 2.21. The first-order valence-corrected chi connectivity index (χ1v) is 11.2. The minimum Gasteiger partial charge on any atom is -0.325 e. The number of benzene rings is 1. The monoisotopic (exact) mass is 491 g/mol. The van der Waals surface area contributed by atoms with Crippen molar-refractivity contribution in [2.45, 2.75) is 34.1 Å². The van der Waals surface area contributed by atoms with Crippen molar-refractivity contribution in [1.82, 2.24) is 40.4 Å². The lowest BCUT2D eigenvalue weighted by molar-refractivity contribution is -0.119. The van der Waals surface area contributed by atoms with Crippen LogP contribution in [0.2, 0.25) is 0 Å². The molecule has 0 unspecified atom stereocenters. The highest BCUT2D eigenvalue weighted by molar-refractivity contribution is 5.97. The summed E-state index contributed by atoms with van der Waals surface area (Å²) in [5.74, 6) is 0.520.